The fourth-order valence-corrected chi connectivity index (χ4v) is 2.53. The number of aliphatic hydroxyl groups excluding tert-OH is 1. The number of benzene rings is 2. The molecular formula is C16H15NO4. The number of amides is 1. The molecule has 0 aromatic heterocycles. The summed E-state index contributed by atoms with van der Waals surface area (Å²) in [6.45, 7) is 0. The number of rotatable bonds is 3. The van der Waals surface area contributed by atoms with E-state index in [0.717, 1.165) is 0 Å². The smallest absolute Gasteiger partial charge is 0.261 e. The second-order valence-corrected chi connectivity index (χ2v) is 4.68. The molecule has 0 saturated carbocycles. The maximum absolute atomic E-state index is 12.5. The highest BCUT2D eigenvalue weighted by Crippen LogP contribution is 2.39. The van der Waals surface area contributed by atoms with Crippen LogP contribution in [0.5, 0.6) is 11.5 Å². The number of ether oxygens (including phenoxy) is 2. The van der Waals surface area contributed by atoms with Crippen LogP contribution in [0.2, 0.25) is 0 Å². The Bertz CT molecular complexity index is 698. The average Bonchev–Trinajstić information content (AvgIpc) is 2.78. The first-order valence-electron chi connectivity index (χ1n) is 6.50. The molecular weight excluding hydrogens is 270 g/mol. The van der Waals surface area contributed by atoms with Gasteiger partial charge in [0.25, 0.3) is 5.91 Å². The molecule has 3 rings (SSSR count). The molecule has 2 aromatic carbocycles. The fourth-order valence-electron chi connectivity index (χ4n) is 2.53. The van der Waals surface area contributed by atoms with Crippen LogP contribution in [0.4, 0.5) is 5.69 Å². The molecule has 0 aliphatic carbocycles. The van der Waals surface area contributed by atoms with Gasteiger partial charge in [0.1, 0.15) is 0 Å². The Morgan fingerprint density at radius 3 is 2.43 bits per heavy atom. The van der Waals surface area contributed by atoms with Crippen molar-refractivity contribution in [3.63, 3.8) is 0 Å². The molecule has 108 valence electrons. The van der Waals surface area contributed by atoms with Gasteiger partial charge >= 0.3 is 0 Å². The summed E-state index contributed by atoms with van der Waals surface area (Å²) in [5.41, 5.74) is 1.68. The van der Waals surface area contributed by atoms with Gasteiger partial charge in [-0.1, -0.05) is 18.2 Å². The average molecular weight is 285 g/mol. The summed E-state index contributed by atoms with van der Waals surface area (Å²) >= 11 is 0. The molecule has 5 nitrogen and oxygen atoms in total. The van der Waals surface area contributed by atoms with Crippen molar-refractivity contribution in [1.82, 2.24) is 0 Å². The van der Waals surface area contributed by atoms with Crippen LogP contribution in [0, 0.1) is 0 Å². The van der Waals surface area contributed by atoms with Gasteiger partial charge < -0.3 is 14.6 Å². The summed E-state index contributed by atoms with van der Waals surface area (Å²) in [5.74, 6) is 0.844. The first-order chi connectivity index (χ1) is 10.2. The maximum Gasteiger partial charge on any atom is 0.261 e. The lowest BCUT2D eigenvalue weighted by Gasteiger charge is -2.22. The third kappa shape index (κ3) is 2.02. The molecule has 21 heavy (non-hydrogen) atoms. The normalized spacial score (nSPS) is 16.8. The van der Waals surface area contributed by atoms with Crippen LogP contribution in [-0.4, -0.2) is 25.2 Å². The molecule has 0 bridgehead atoms. The van der Waals surface area contributed by atoms with Crippen LogP contribution < -0.4 is 14.4 Å². The van der Waals surface area contributed by atoms with Crippen LogP contribution in [0.15, 0.2) is 42.5 Å². The molecule has 1 heterocycles. The van der Waals surface area contributed by atoms with E-state index in [2.05, 4.69) is 0 Å². The van der Waals surface area contributed by atoms with Crippen molar-refractivity contribution in [3.8, 4) is 11.5 Å². The number of aliphatic hydroxyl groups is 1. The SMILES string of the molecule is COc1ccc(N2C(=O)c3ccccc3C2O)cc1OC. The maximum atomic E-state index is 12.5. The van der Waals surface area contributed by atoms with Gasteiger partial charge in [0.2, 0.25) is 0 Å². The number of hydrogen-bond acceptors (Lipinski definition) is 4. The monoisotopic (exact) mass is 285 g/mol. The van der Waals surface area contributed by atoms with Crippen LogP contribution in [0.25, 0.3) is 0 Å². The van der Waals surface area contributed by atoms with Gasteiger partial charge in [0, 0.05) is 17.2 Å². The fraction of sp³-hybridized carbons (Fsp3) is 0.188. The van der Waals surface area contributed by atoms with Crippen molar-refractivity contribution < 1.29 is 19.4 Å². The zero-order chi connectivity index (χ0) is 15.0. The second-order valence-electron chi connectivity index (χ2n) is 4.68. The van der Waals surface area contributed by atoms with Crippen molar-refractivity contribution in [2.75, 3.05) is 19.1 Å². The topological polar surface area (TPSA) is 59.0 Å². The molecule has 1 aliphatic rings. The van der Waals surface area contributed by atoms with Crippen molar-refractivity contribution in [3.05, 3.63) is 53.6 Å². The highest BCUT2D eigenvalue weighted by molar-refractivity contribution is 6.10. The van der Waals surface area contributed by atoms with Crippen LogP contribution in [0.3, 0.4) is 0 Å². The Balaban J connectivity index is 2.05. The van der Waals surface area contributed by atoms with E-state index in [1.807, 2.05) is 0 Å². The number of fused-ring (bicyclic) bond motifs is 1. The van der Waals surface area contributed by atoms with Gasteiger partial charge in [-0.05, 0) is 18.2 Å². The van der Waals surface area contributed by atoms with Gasteiger partial charge in [0.05, 0.1) is 19.9 Å². The number of methoxy groups -OCH3 is 2. The van der Waals surface area contributed by atoms with E-state index in [4.69, 9.17) is 9.47 Å². The highest BCUT2D eigenvalue weighted by atomic mass is 16.5. The number of carbonyl (C=O) groups is 1. The van der Waals surface area contributed by atoms with Crippen molar-refractivity contribution in [1.29, 1.82) is 0 Å². The van der Waals surface area contributed by atoms with Gasteiger partial charge in [0.15, 0.2) is 17.7 Å². The molecule has 5 heteroatoms. The first-order valence-corrected chi connectivity index (χ1v) is 6.50. The highest BCUT2D eigenvalue weighted by Gasteiger charge is 2.36. The standard InChI is InChI=1S/C16H15NO4/c1-20-13-8-7-10(9-14(13)21-2)17-15(18)11-5-3-4-6-12(11)16(17)19/h3-9,15,18H,1-2H3. The second kappa shape index (κ2) is 5.10. The van der Waals surface area contributed by atoms with E-state index < -0.39 is 6.23 Å². The van der Waals surface area contributed by atoms with E-state index in [1.54, 1.807) is 49.6 Å². The quantitative estimate of drug-likeness (QED) is 0.940. The zero-order valence-corrected chi connectivity index (χ0v) is 11.7. The zero-order valence-electron chi connectivity index (χ0n) is 11.7. The van der Waals surface area contributed by atoms with E-state index in [0.29, 0.717) is 28.3 Å². The summed E-state index contributed by atoms with van der Waals surface area (Å²) in [5, 5.41) is 10.4. The Morgan fingerprint density at radius 1 is 1.05 bits per heavy atom. The van der Waals surface area contributed by atoms with Crippen molar-refractivity contribution in [2.24, 2.45) is 0 Å². The molecule has 1 amide bonds. The Hall–Kier alpha value is -2.53. The minimum absolute atomic E-state index is 0.231. The molecule has 1 unspecified atom stereocenters. The number of nitrogens with zero attached hydrogens (tertiary/aromatic N) is 1. The van der Waals surface area contributed by atoms with Crippen LogP contribution in [0.1, 0.15) is 22.1 Å². The van der Waals surface area contributed by atoms with Gasteiger partial charge in [-0.3, -0.25) is 9.69 Å². The Kier molecular flexibility index (Phi) is 3.27. The summed E-state index contributed by atoms with van der Waals surface area (Å²) in [7, 11) is 3.07. The lowest BCUT2D eigenvalue weighted by atomic mass is 10.1. The third-order valence-electron chi connectivity index (χ3n) is 3.58. The molecule has 0 saturated heterocycles. The Morgan fingerprint density at radius 2 is 1.76 bits per heavy atom. The molecule has 0 radical (unpaired) electrons. The summed E-state index contributed by atoms with van der Waals surface area (Å²) in [6.07, 6.45) is -0.994. The van der Waals surface area contributed by atoms with Crippen LogP contribution >= 0.6 is 0 Å². The first kappa shape index (κ1) is 13.5. The predicted molar refractivity (Wildman–Crippen MR) is 77.8 cm³/mol. The van der Waals surface area contributed by atoms with Gasteiger partial charge in [-0.2, -0.15) is 0 Å². The molecule has 1 N–H and O–H groups in total. The number of anilines is 1. The van der Waals surface area contributed by atoms with Gasteiger partial charge in [-0.15, -0.1) is 0 Å². The Labute approximate surface area is 122 Å². The predicted octanol–water partition coefficient (Wildman–Crippen LogP) is 2.36. The summed E-state index contributed by atoms with van der Waals surface area (Å²) in [6, 6.07) is 12.1. The molecule has 1 aliphatic heterocycles. The lowest BCUT2D eigenvalue weighted by Crippen LogP contribution is -2.27. The van der Waals surface area contributed by atoms with Crippen molar-refractivity contribution in [2.45, 2.75) is 6.23 Å². The lowest BCUT2D eigenvalue weighted by molar-refractivity contribution is 0.0935. The molecule has 0 spiro atoms. The third-order valence-corrected chi connectivity index (χ3v) is 3.58. The minimum atomic E-state index is -0.994. The number of hydrogen-bond donors (Lipinski definition) is 1. The van der Waals surface area contributed by atoms with E-state index >= 15 is 0 Å². The largest absolute Gasteiger partial charge is 0.493 e. The summed E-state index contributed by atoms with van der Waals surface area (Å²) < 4.78 is 10.4. The van der Waals surface area contributed by atoms with E-state index in [9.17, 15) is 9.90 Å². The minimum Gasteiger partial charge on any atom is -0.493 e. The summed E-state index contributed by atoms with van der Waals surface area (Å²) in [4.78, 5) is 13.8. The van der Waals surface area contributed by atoms with Crippen molar-refractivity contribution >= 4 is 11.6 Å². The molecule has 0 fully saturated rings. The number of carbonyl (C=O) groups excluding carboxylic acids is 1. The van der Waals surface area contributed by atoms with Gasteiger partial charge in [-0.25, -0.2) is 0 Å². The van der Waals surface area contributed by atoms with Crippen LogP contribution in [-0.2, 0) is 0 Å². The van der Waals surface area contributed by atoms with E-state index in [-0.39, 0.29) is 5.91 Å². The van der Waals surface area contributed by atoms with E-state index in [1.165, 1.54) is 12.0 Å². The molecule has 2 aromatic rings. The molecule has 1 atom stereocenters.